The van der Waals surface area contributed by atoms with Gasteiger partial charge in [-0.15, -0.1) is 5.10 Å². The van der Waals surface area contributed by atoms with Crippen molar-refractivity contribution in [1.82, 2.24) is 15.0 Å². The summed E-state index contributed by atoms with van der Waals surface area (Å²) < 4.78 is 2.12. The molecule has 8 heteroatoms. The summed E-state index contributed by atoms with van der Waals surface area (Å²) in [4.78, 5) is 11.2. The van der Waals surface area contributed by atoms with Crippen LogP contribution < -0.4 is 0 Å². The summed E-state index contributed by atoms with van der Waals surface area (Å²) in [6, 6.07) is 8.27. The van der Waals surface area contributed by atoms with Crippen LogP contribution in [0, 0.1) is 0 Å². The lowest BCUT2D eigenvalue weighted by molar-refractivity contribution is 0.0699. The van der Waals surface area contributed by atoms with E-state index < -0.39 is 5.97 Å². The minimum absolute atomic E-state index is 0.0816. The molecule has 1 heterocycles. The minimum Gasteiger partial charge on any atom is -0.478 e. The van der Waals surface area contributed by atoms with Crippen molar-refractivity contribution in [1.29, 1.82) is 0 Å². The smallest absolute Gasteiger partial charge is 0.338 e. The van der Waals surface area contributed by atoms with E-state index in [4.69, 9.17) is 28.3 Å². The summed E-state index contributed by atoms with van der Waals surface area (Å²) in [5.74, 6) is -1.06. The molecule has 21 heavy (non-hydrogen) atoms. The number of rotatable bonds is 2. The molecular weight excluding hydrogens is 381 g/mol. The van der Waals surface area contributed by atoms with Crippen molar-refractivity contribution in [2.24, 2.45) is 0 Å². The Morgan fingerprint density at radius 2 is 1.95 bits per heavy atom. The SMILES string of the molecule is O=C(O)c1cccc2c1nnn2-c1ccc(Br)c(Cl)c1Cl. The van der Waals surface area contributed by atoms with E-state index in [0.29, 0.717) is 31.2 Å². The van der Waals surface area contributed by atoms with Gasteiger partial charge in [0.2, 0.25) is 0 Å². The molecule has 0 fully saturated rings. The zero-order valence-corrected chi connectivity index (χ0v) is 13.3. The predicted molar refractivity (Wildman–Crippen MR) is 83.5 cm³/mol. The maximum Gasteiger partial charge on any atom is 0.338 e. The molecule has 0 bridgehead atoms. The number of aromatic nitrogens is 3. The summed E-state index contributed by atoms with van der Waals surface area (Å²) in [5, 5.41) is 17.7. The number of benzene rings is 2. The van der Waals surface area contributed by atoms with Crippen molar-refractivity contribution >= 4 is 56.1 Å². The number of hydrogen-bond acceptors (Lipinski definition) is 3. The lowest BCUT2D eigenvalue weighted by Gasteiger charge is -2.07. The van der Waals surface area contributed by atoms with Crippen LogP contribution in [0.15, 0.2) is 34.8 Å². The number of hydrogen-bond donors (Lipinski definition) is 1. The molecule has 0 amide bonds. The van der Waals surface area contributed by atoms with Gasteiger partial charge in [0.15, 0.2) is 0 Å². The second-order valence-corrected chi connectivity index (χ2v) is 5.78. The van der Waals surface area contributed by atoms with Crippen LogP contribution in [0.4, 0.5) is 0 Å². The van der Waals surface area contributed by atoms with Gasteiger partial charge in [-0.25, -0.2) is 9.48 Å². The molecule has 3 rings (SSSR count). The molecule has 5 nitrogen and oxygen atoms in total. The first kappa shape index (κ1) is 14.3. The average molecular weight is 387 g/mol. The van der Waals surface area contributed by atoms with Gasteiger partial charge in [0.25, 0.3) is 0 Å². The fraction of sp³-hybridized carbons (Fsp3) is 0. The quantitative estimate of drug-likeness (QED) is 0.670. The lowest BCUT2D eigenvalue weighted by atomic mass is 10.2. The van der Waals surface area contributed by atoms with E-state index in [0.717, 1.165) is 0 Å². The van der Waals surface area contributed by atoms with Crippen molar-refractivity contribution in [3.05, 3.63) is 50.4 Å². The summed E-state index contributed by atoms with van der Waals surface area (Å²) in [7, 11) is 0. The molecule has 0 saturated heterocycles. The molecule has 0 radical (unpaired) electrons. The zero-order valence-electron chi connectivity index (χ0n) is 10.2. The van der Waals surface area contributed by atoms with Gasteiger partial charge < -0.3 is 5.11 Å². The Hall–Kier alpha value is -1.63. The van der Waals surface area contributed by atoms with E-state index in [1.807, 2.05) is 0 Å². The van der Waals surface area contributed by atoms with Gasteiger partial charge >= 0.3 is 5.97 Å². The van der Waals surface area contributed by atoms with Crippen molar-refractivity contribution in [2.75, 3.05) is 0 Å². The lowest BCUT2D eigenvalue weighted by Crippen LogP contribution is -1.99. The second kappa shape index (κ2) is 5.29. The molecule has 0 saturated carbocycles. The van der Waals surface area contributed by atoms with E-state index in [1.165, 1.54) is 10.7 Å². The van der Waals surface area contributed by atoms with Crippen LogP contribution in [0.25, 0.3) is 16.7 Å². The third-order valence-electron chi connectivity index (χ3n) is 2.95. The molecule has 0 unspecified atom stereocenters. The zero-order chi connectivity index (χ0) is 15.1. The highest BCUT2D eigenvalue weighted by Gasteiger charge is 2.17. The molecule has 0 aliphatic rings. The van der Waals surface area contributed by atoms with Crippen molar-refractivity contribution in [3.63, 3.8) is 0 Å². The molecule has 1 aromatic heterocycles. The van der Waals surface area contributed by atoms with Gasteiger partial charge in [-0.2, -0.15) is 0 Å². The van der Waals surface area contributed by atoms with Gasteiger partial charge in [-0.05, 0) is 40.2 Å². The Bertz CT molecular complexity index is 879. The number of carboxylic acid groups (broad SMARTS) is 1. The van der Waals surface area contributed by atoms with Crippen LogP contribution in [-0.2, 0) is 0 Å². The third-order valence-corrected chi connectivity index (χ3v) is 4.71. The Kier molecular flexibility index (Phi) is 3.61. The minimum atomic E-state index is -1.06. The number of nitrogens with zero attached hydrogens (tertiary/aromatic N) is 3. The average Bonchev–Trinajstić information content (AvgIpc) is 2.88. The number of halogens is 3. The van der Waals surface area contributed by atoms with Crippen LogP contribution in [-0.4, -0.2) is 26.1 Å². The van der Waals surface area contributed by atoms with Crippen LogP contribution in [0.5, 0.6) is 0 Å². The van der Waals surface area contributed by atoms with Gasteiger partial charge in [0, 0.05) is 4.47 Å². The van der Waals surface area contributed by atoms with Crippen LogP contribution in [0.1, 0.15) is 10.4 Å². The molecule has 0 aliphatic carbocycles. The Balaban J connectivity index is 2.30. The molecule has 0 atom stereocenters. The standard InChI is InChI=1S/C13H6BrCl2N3O2/c14-7-4-5-8(11(16)10(7)15)19-9-3-1-2-6(13(20)21)12(9)17-18-19/h1-5H,(H,20,21). The second-order valence-electron chi connectivity index (χ2n) is 4.17. The highest BCUT2D eigenvalue weighted by Crippen LogP contribution is 2.35. The maximum absolute atomic E-state index is 11.2. The normalized spacial score (nSPS) is 11.0. The molecule has 106 valence electrons. The number of fused-ring (bicyclic) bond motifs is 1. The summed E-state index contributed by atoms with van der Waals surface area (Å²) in [6.07, 6.45) is 0. The van der Waals surface area contributed by atoms with Crippen molar-refractivity contribution < 1.29 is 9.90 Å². The van der Waals surface area contributed by atoms with E-state index in [-0.39, 0.29) is 5.56 Å². The summed E-state index contributed by atoms with van der Waals surface area (Å²) >= 11 is 15.6. The topological polar surface area (TPSA) is 68.0 Å². The molecule has 0 aliphatic heterocycles. The monoisotopic (exact) mass is 385 g/mol. The van der Waals surface area contributed by atoms with Gasteiger partial charge in [0.05, 0.1) is 26.8 Å². The van der Waals surface area contributed by atoms with Crippen molar-refractivity contribution in [3.8, 4) is 5.69 Å². The number of carboxylic acids is 1. The van der Waals surface area contributed by atoms with Crippen LogP contribution in [0.2, 0.25) is 10.0 Å². The van der Waals surface area contributed by atoms with Crippen LogP contribution in [0.3, 0.4) is 0 Å². The van der Waals surface area contributed by atoms with Crippen molar-refractivity contribution in [2.45, 2.75) is 0 Å². The highest BCUT2D eigenvalue weighted by molar-refractivity contribution is 9.10. The number of carbonyl (C=O) groups is 1. The van der Waals surface area contributed by atoms with E-state index in [1.54, 1.807) is 24.3 Å². The molecule has 2 aromatic carbocycles. The summed E-state index contributed by atoms with van der Waals surface area (Å²) in [6.45, 7) is 0. The first-order chi connectivity index (χ1) is 10.0. The Morgan fingerprint density at radius 3 is 2.67 bits per heavy atom. The van der Waals surface area contributed by atoms with Crippen LogP contribution >= 0.6 is 39.1 Å². The molecular formula is C13H6BrCl2N3O2. The third kappa shape index (κ3) is 2.29. The largest absolute Gasteiger partial charge is 0.478 e. The maximum atomic E-state index is 11.2. The molecule has 3 aromatic rings. The van der Waals surface area contributed by atoms with E-state index in [2.05, 4.69) is 26.2 Å². The predicted octanol–water partition coefficient (Wildman–Crippen LogP) is 4.19. The van der Waals surface area contributed by atoms with E-state index in [9.17, 15) is 4.79 Å². The fourth-order valence-electron chi connectivity index (χ4n) is 1.97. The molecule has 1 N–H and O–H groups in total. The van der Waals surface area contributed by atoms with Gasteiger partial charge in [-0.3, -0.25) is 0 Å². The Labute approximate surface area is 137 Å². The number of aromatic carboxylic acids is 1. The first-order valence-electron chi connectivity index (χ1n) is 5.72. The summed E-state index contributed by atoms with van der Waals surface area (Å²) in [5.41, 5.74) is 1.43. The van der Waals surface area contributed by atoms with E-state index >= 15 is 0 Å². The first-order valence-corrected chi connectivity index (χ1v) is 7.27. The fourth-order valence-corrected chi connectivity index (χ4v) is 2.82. The van der Waals surface area contributed by atoms with Gasteiger partial charge in [0.1, 0.15) is 5.52 Å². The highest BCUT2D eigenvalue weighted by atomic mass is 79.9. The van der Waals surface area contributed by atoms with Gasteiger partial charge in [-0.1, -0.05) is 34.5 Å². The molecule has 0 spiro atoms. The Morgan fingerprint density at radius 1 is 1.19 bits per heavy atom.